The highest BCUT2D eigenvalue weighted by molar-refractivity contribution is 9.10. The first-order valence-electron chi connectivity index (χ1n) is 6.09. The Kier molecular flexibility index (Phi) is 5.00. The largest absolute Gasteiger partial charge is 0.496 e. The SMILES string of the molecule is COc1ccc(Cl)cc1C(=O)C(C#N)c1cccc(Br)c1. The Balaban J connectivity index is 2.47. The van der Waals surface area contributed by atoms with Crippen molar-refractivity contribution in [3.8, 4) is 11.8 Å². The van der Waals surface area contributed by atoms with Crippen LogP contribution in [0, 0.1) is 11.3 Å². The van der Waals surface area contributed by atoms with Gasteiger partial charge in [0.25, 0.3) is 0 Å². The number of Topliss-reactive ketones (excluding diaryl/α,β-unsaturated/α-hetero) is 1. The van der Waals surface area contributed by atoms with Crippen LogP contribution in [-0.2, 0) is 0 Å². The van der Waals surface area contributed by atoms with Crippen LogP contribution in [0.5, 0.6) is 5.75 Å². The average molecular weight is 365 g/mol. The fraction of sp³-hybridized carbons (Fsp3) is 0.125. The van der Waals surface area contributed by atoms with Crippen molar-refractivity contribution in [2.75, 3.05) is 7.11 Å². The maximum absolute atomic E-state index is 12.6. The Morgan fingerprint density at radius 3 is 2.71 bits per heavy atom. The van der Waals surface area contributed by atoms with Crippen molar-refractivity contribution in [2.24, 2.45) is 0 Å². The van der Waals surface area contributed by atoms with Crippen LogP contribution in [0.2, 0.25) is 5.02 Å². The molecule has 0 saturated carbocycles. The first-order chi connectivity index (χ1) is 10.1. The summed E-state index contributed by atoms with van der Waals surface area (Å²) in [4.78, 5) is 12.6. The summed E-state index contributed by atoms with van der Waals surface area (Å²) in [6.45, 7) is 0. The first-order valence-corrected chi connectivity index (χ1v) is 7.26. The molecule has 3 nitrogen and oxygen atoms in total. The number of ketones is 1. The molecule has 1 atom stereocenters. The Labute approximate surface area is 136 Å². The van der Waals surface area contributed by atoms with Crippen molar-refractivity contribution in [1.29, 1.82) is 5.26 Å². The molecular formula is C16H11BrClNO2. The van der Waals surface area contributed by atoms with Crippen LogP contribution in [0.1, 0.15) is 21.8 Å². The second kappa shape index (κ2) is 6.75. The molecule has 0 heterocycles. The second-order valence-electron chi connectivity index (χ2n) is 4.33. The lowest BCUT2D eigenvalue weighted by molar-refractivity contribution is 0.0976. The van der Waals surface area contributed by atoms with E-state index in [1.54, 1.807) is 30.3 Å². The summed E-state index contributed by atoms with van der Waals surface area (Å²) in [5.74, 6) is -0.843. The van der Waals surface area contributed by atoms with Crippen LogP contribution in [0.3, 0.4) is 0 Å². The van der Waals surface area contributed by atoms with E-state index in [0.717, 1.165) is 4.47 Å². The summed E-state index contributed by atoms with van der Waals surface area (Å²) >= 11 is 9.28. The van der Waals surface area contributed by atoms with Gasteiger partial charge in [0.15, 0.2) is 5.78 Å². The highest BCUT2D eigenvalue weighted by atomic mass is 79.9. The van der Waals surface area contributed by atoms with Gasteiger partial charge < -0.3 is 4.74 Å². The van der Waals surface area contributed by atoms with Crippen molar-refractivity contribution in [2.45, 2.75) is 5.92 Å². The Hall–Kier alpha value is -1.83. The van der Waals surface area contributed by atoms with Crippen molar-refractivity contribution >= 4 is 33.3 Å². The monoisotopic (exact) mass is 363 g/mol. The van der Waals surface area contributed by atoms with E-state index in [1.165, 1.54) is 13.2 Å². The van der Waals surface area contributed by atoms with Crippen LogP contribution < -0.4 is 4.74 Å². The maximum atomic E-state index is 12.6. The number of carbonyl (C=O) groups excluding carboxylic acids is 1. The van der Waals surface area contributed by atoms with E-state index in [1.807, 2.05) is 12.1 Å². The molecular weight excluding hydrogens is 354 g/mol. The third-order valence-electron chi connectivity index (χ3n) is 3.00. The predicted molar refractivity (Wildman–Crippen MR) is 84.8 cm³/mol. The number of rotatable bonds is 4. The summed E-state index contributed by atoms with van der Waals surface area (Å²) in [5, 5.41) is 9.80. The third-order valence-corrected chi connectivity index (χ3v) is 3.73. The average Bonchev–Trinajstić information content (AvgIpc) is 2.48. The lowest BCUT2D eigenvalue weighted by atomic mass is 9.91. The van der Waals surface area contributed by atoms with Gasteiger partial charge in [0.05, 0.1) is 18.7 Å². The van der Waals surface area contributed by atoms with E-state index in [4.69, 9.17) is 16.3 Å². The molecule has 0 aliphatic heterocycles. The van der Waals surface area contributed by atoms with Crippen LogP contribution >= 0.6 is 27.5 Å². The lowest BCUT2D eigenvalue weighted by Crippen LogP contribution is -2.12. The van der Waals surface area contributed by atoms with Gasteiger partial charge in [-0.15, -0.1) is 0 Å². The standard InChI is InChI=1S/C16H11BrClNO2/c1-21-15-6-5-12(18)8-13(15)16(20)14(9-19)10-3-2-4-11(17)7-10/h2-8,14H,1H3. The molecule has 1 unspecified atom stereocenters. The van der Waals surface area contributed by atoms with Gasteiger partial charge in [-0.2, -0.15) is 5.26 Å². The Morgan fingerprint density at radius 1 is 1.33 bits per heavy atom. The van der Waals surface area contributed by atoms with E-state index in [0.29, 0.717) is 21.9 Å². The lowest BCUT2D eigenvalue weighted by Gasteiger charge is -2.12. The molecule has 21 heavy (non-hydrogen) atoms. The Morgan fingerprint density at radius 2 is 2.10 bits per heavy atom. The highest BCUT2D eigenvalue weighted by Crippen LogP contribution is 2.29. The zero-order valence-electron chi connectivity index (χ0n) is 11.1. The van der Waals surface area contributed by atoms with Crippen LogP contribution in [0.4, 0.5) is 0 Å². The minimum atomic E-state index is -0.908. The normalized spacial score (nSPS) is 11.5. The number of nitriles is 1. The summed E-state index contributed by atoms with van der Waals surface area (Å²) < 4.78 is 5.99. The van der Waals surface area contributed by atoms with Gasteiger partial charge in [-0.1, -0.05) is 39.7 Å². The summed E-state index contributed by atoms with van der Waals surface area (Å²) in [5.41, 5.74) is 0.926. The topological polar surface area (TPSA) is 50.1 Å². The number of carbonyl (C=O) groups is 1. The fourth-order valence-corrected chi connectivity index (χ4v) is 2.59. The number of halogens is 2. The van der Waals surface area contributed by atoms with E-state index < -0.39 is 5.92 Å². The van der Waals surface area contributed by atoms with Crippen LogP contribution in [-0.4, -0.2) is 12.9 Å². The van der Waals surface area contributed by atoms with E-state index >= 15 is 0 Å². The molecule has 0 N–H and O–H groups in total. The summed E-state index contributed by atoms with van der Waals surface area (Å²) in [6, 6.07) is 13.9. The molecule has 2 aromatic rings. The number of methoxy groups -OCH3 is 1. The minimum absolute atomic E-state index is 0.302. The smallest absolute Gasteiger partial charge is 0.188 e. The van der Waals surface area contributed by atoms with Gasteiger partial charge in [-0.25, -0.2) is 0 Å². The maximum Gasteiger partial charge on any atom is 0.188 e. The van der Waals surface area contributed by atoms with Crippen molar-refractivity contribution in [1.82, 2.24) is 0 Å². The molecule has 0 spiro atoms. The molecule has 2 rings (SSSR count). The van der Waals surface area contributed by atoms with Crippen LogP contribution in [0.25, 0.3) is 0 Å². The summed E-state index contributed by atoms with van der Waals surface area (Å²) in [7, 11) is 1.47. The van der Waals surface area contributed by atoms with Gasteiger partial charge in [-0.3, -0.25) is 4.79 Å². The molecule has 0 aromatic heterocycles. The molecule has 0 bridgehead atoms. The molecule has 0 aliphatic carbocycles. The van der Waals surface area contributed by atoms with Gasteiger partial charge in [0.1, 0.15) is 11.7 Å². The highest BCUT2D eigenvalue weighted by Gasteiger charge is 2.25. The van der Waals surface area contributed by atoms with Gasteiger partial charge in [0, 0.05) is 9.50 Å². The number of ether oxygens (including phenoxy) is 1. The van der Waals surface area contributed by atoms with E-state index in [9.17, 15) is 10.1 Å². The molecule has 0 saturated heterocycles. The first kappa shape index (κ1) is 15.6. The van der Waals surface area contributed by atoms with Crippen molar-refractivity contribution in [3.63, 3.8) is 0 Å². The molecule has 2 aromatic carbocycles. The molecule has 5 heteroatoms. The van der Waals surface area contributed by atoms with E-state index in [2.05, 4.69) is 15.9 Å². The Bertz CT molecular complexity index is 724. The van der Waals surface area contributed by atoms with Crippen molar-refractivity contribution in [3.05, 3.63) is 63.1 Å². The third kappa shape index (κ3) is 3.44. The molecule has 106 valence electrons. The predicted octanol–water partition coefficient (Wildman–Crippen LogP) is 4.60. The molecule has 0 radical (unpaired) electrons. The number of benzene rings is 2. The second-order valence-corrected chi connectivity index (χ2v) is 5.68. The zero-order chi connectivity index (χ0) is 15.4. The quantitative estimate of drug-likeness (QED) is 0.745. The van der Waals surface area contributed by atoms with Gasteiger partial charge in [-0.05, 0) is 35.9 Å². The zero-order valence-corrected chi connectivity index (χ0v) is 13.5. The fourth-order valence-electron chi connectivity index (χ4n) is 2.00. The number of hydrogen-bond donors (Lipinski definition) is 0. The van der Waals surface area contributed by atoms with Crippen molar-refractivity contribution < 1.29 is 9.53 Å². The minimum Gasteiger partial charge on any atom is -0.496 e. The van der Waals surface area contributed by atoms with Gasteiger partial charge in [0.2, 0.25) is 0 Å². The van der Waals surface area contributed by atoms with Crippen LogP contribution in [0.15, 0.2) is 46.9 Å². The molecule has 0 aliphatic rings. The van der Waals surface area contributed by atoms with E-state index in [-0.39, 0.29) is 5.78 Å². The number of hydrogen-bond acceptors (Lipinski definition) is 3. The molecule has 0 amide bonds. The van der Waals surface area contributed by atoms with Gasteiger partial charge >= 0.3 is 0 Å². The summed E-state index contributed by atoms with van der Waals surface area (Å²) in [6.07, 6.45) is 0. The molecule has 0 fully saturated rings. The number of nitrogens with zero attached hydrogens (tertiary/aromatic N) is 1.